The highest BCUT2D eigenvalue weighted by molar-refractivity contribution is 5.19. The van der Waals surface area contributed by atoms with Crippen LogP contribution in [0.1, 0.15) is 37.8 Å². The topological polar surface area (TPSA) is 12.0 Å². The Labute approximate surface area is 92.9 Å². The molecule has 15 heavy (non-hydrogen) atoms. The lowest BCUT2D eigenvalue weighted by Crippen LogP contribution is -2.21. The maximum Gasteiger partial charge on any atom is 0.0329 e. The van der Waals surface area contributed by atoms with Crippen molar-refractivity contribution in [1.82, 2.24) is 5.32 Å². The van der Waals surface area contributed by atoms with E-state index < -0.39 is 0 Å². The first-order valence-electron chi connectivity index (χ1n) is 5.60. The van der Waals surface area contributed by atoms with Crippen molar-refractivity contribution in [2.24, 2.45) is 0 Å². The van der Waals surface area contributed by atoms with Crippen LogP contribution in [0.25, 0.3) is 0 Å². The van der Waals surface area contributed by atoms with E-state index in [9.17, 15) is 0 Å². The van der Waals surface area contributed by atoms with Gasteiger partial charge in [-0.3, -0.25) is 0 Å². The van der Waals surface area contributed by atoms with E-state index in [1.54, 1.807) is 0 Å². The van der Waals surface area contributed by atoms with Crippen LogP contribution in [0.4, 0.5) is 0 Å². The molecule has 0 bridgehead atoms. The highest BCUT2D eigenvalue weighted by atomic mass is 14.9. The Balaban J connectivity index is 2.59. The predicted octanol–water partition coefficient (Wildman–Crippen LogP) is 3.14. The van der Waals surface area contributed by atoms with Gasteiger partial charge in [0.15, 0.2) is 0 Å². The van der Waals surface area contributed by atoms with Crippen LogP contribution < -0.4 is 5.32 Å². The van der Waals surface area contributed by atoms with Crippen LogP contribution in [0, 0.1) is 12.3 Å². The number of hydrogen-bond acceptors (Lipinski definition) is 1. The molecule has 0 radical (unpaired) electrons. The average Bonchev–Trinajstić information content (AvgIpc) is 2.30. The smallest absolute Gasteiger partial charge is 0.0329 e. The van der Waals surface area contributed by atoms with Crippen LogP contribution in [0.2, 0.25) is 0 Å². The molecule has 0 fully saturated rings. The van der Waals surface area contributed by atoms with Gasteiger partial charge in [-0.05, 0) is 24.9 Å². The van der Waals surface area contributed by atoms with Gasteiger partial charge in [0.1, 0.15) is 0 Å². The molecular weight excluding hydrogens is 182 g/mol. The first-order chi connectivity index (χ1) is 7.38. The standard InChI is InChI=1S/C14H19N/c1-3-5-11-14(15-12-4-2)13-9-7-6-8-10-13/h1,6-10,14-15H,4-5,11-12H2,2H3. The number of rotatable bonds is 6. The van der Waals surface area contributed by atoms with Crippen LogP contribution in [-0.2, 0) is 0 Å². The third kappa shape index (κ3) is 4.18. The van der Waals surface area contributed by atoms with Crippen LogP contribution in [0.5, 0.6) is 0 Å². The summed E-state index contributed by atoms with van der Waals surface area (Å²) >= 11 is 0. The highest BCUT2D eigenvalue weighted by Crippen LogP contribution is 2.17. The van der Waals surface area contributed by atoms with Gasteiger partial charge in [0, 0.05) is 12.5 Å². The second-order valence-corrected chi connectivity index (χ2v) is 3.66. The summed E-state index contributed by atoms with van der Waals surface area (Å²) in [7, 11) is 0. The lowest BCUT2D eigenvalue weighted by atomic mass is 10.0. The first-order valence-corrected chi connectivity index (χ1v) is 5.60. The minimum absolute atomic E-state index is 0.405. The molecule has 0 spiro atoms. The van der Waals surface area contributed by atoms with E-state index in [2.05, 4.69) is 42.4 Å². The summed E-state index contributed by atoms with van der Waals surface area (Å²) in [6.45, 7) is 3.22. The largest absolute Gasteiger partial charge is 0.310 e. The molecule has 1 N–H and O–H groups in total. The van der Waals surface area contributed by atoms with Gasteiger partial charge >= 0.3 is 0 Å². The van der Waals surface area contributed by atoms with Crippen LogP contribution in [-0.4, -0.2) is 6.54 Å². The van der Waals surface area contributed by atoms with E-state index in [1.807, 2.05) is 6.07 Å². The Bertz CT molecular complexity index is 297. The maximum atomic E-state index is 5.31. The van der Waals surface area contributed by atoms with Gasteiger partial charge in [-0.2, -0.15) is 0 Å². The Kier molecular flexibility index (Phi) is 5.58. The van der Waals surface area contributed by atoms with Crippen LogP contribution in [0.15, 0.2) is 30.3 Å². The second kappa shape index (κ2) is 7.09. The third-order valence-electron chi connectivity index (χ3n) is 2.42. The van der Waals surface area contributed by atoms with E-state index in [0.717, 1.165) is 25.8 Å². The van der Waals surface area contributed by atoms with Crippen molar-refractivity contribution in [2.45, 2.75) is 32.2 Å². The summed E-state index contributed by atoms with van der Waals surface area (Å²) in [5.41, 5.74) is 1.33. The Hall–Kier alpha value is -1.26. The molecule has 0 saturated heterocycles. The minimum Gasteiger partial charge on any atom is -0.310 e. The lowest BCUT2D eigenvalue weighted by molar-refractivity contribution is 0.505. The summed E-state index contributed by atoms with van der Waals surface area (Å²) in [6, 6.07) is 10.9. The number of terminal acetylenes is 1. The molecule has 1 nitrogen and oxygen atoms in total. The fraction of sp³-hybridized carbons (Fsp3) is 0.429. The van der Waals surface area contributed by atoms with Gasteiger partial charge in [0.25, 0.3) is 0 Å². The SMILES string of the molecule is C#CCCC(NCCC)c1ccccc1. The van der Waals surface area contributed by atoms with Crippen molar-refractivity contribution in [1.29, 1.82) is 0 Å². The zero-order valence-corrected chi connectivity index (χ0v) is 9.37. The van der Waals surface area contributed by atoms with E-state index in [4.69, 9.17) is 6.42 Å². The van der Waals surface area contributed by atoms with Crippen LogP contribution >= 0.6 is 0 Å². The van der Waals surface area contributed by atoms with Crippen molar-refractivity contribution < 1.29 is 0 Å². The summed E-state index contributed by atoms with van der Waals surface area (Å²) < 4.78 is 0. The van der Waals surface area contributed by atoms with Gasteiger partial charge in [-0.15, -0.1) is 12.3 Å². The molecule has 0 aliphatic heterocycles. The molecule has 1 heteroatoms. The Morgan fingerprint density at radius 1 is 1.33 bits per heavy atom. The Morgan fingerprint density at radius 3 is 2.67 bits per heavy atom. The highest BCUT2D eigenvalue weighted by Gasteiger charge is 2.08. The van der Waals surface area contributed by atoms with Gasteiger partial charge in [-0.1, -0.05) is 37.3 Å². The zero-order valence-electron chi connectivity index (χ0n) is 9.37. The molecule has 0 aliphatic carbocycles. The van der Waals surface area contributed by atoms with Gasteiger partial charge in [0.05, 0.1) is 0 Å². The minimum atomic E-state index is 0.405. The summed E-state index contributed by atoms with van der Waals surface area (Å²) in [4.78, 5) is 0. The van der Waals surface area contributed by atoms with Crippen molar-refractivity contribution in [3.05, 3.63) is 35.9 Å². The Morgan fingerprint density at radius 2 is 2.07 bits per heavy atom. The predicted molar refractivity (Wildman–Crippen MR) is 65.5 cm³/mol. The zero-order chi connectivity index (χ0) is 10.9. The molecule has 1 unspecified atom stereocenters. The van der Waals surface area contributed by atoms with Crippen molar-refractivity contribution in [3.63, 3.8) is 0 Å². The number of hydrogen-bond donors (Lipinski definition) is 1. The monoisotopic (exact) mass is 201 g/mol. The molecule has 0 saturated carbocycles. The van der Waals surface area contributed by atoms with Crippen LogP contribution in [0.3, 0.4) is 0 Å². The first kappa shape index (κ1) is 11.8. The van der Waals surface area contributed by atoms with Crippen molar-refractivity contribution in [2.75, 3.05) is 6.54 Å². The van der Waals surface area contributed by atoms with E-state index in [1.165, 1.54) is 5.56 Å². The second-order valence-electron chi connectivity index (χ2n) is 3.66. The molecule has 1 atom stereocenters. The molecule has 0 aromatic heterocycles. The van der Waals surface area contributed by atoms with E-state index >= 15 is 0 Å². The molecule has 1 rings (SSSR count). The molecule has 0 heterocycles. The van der Waals surface area contributed by atoms with E-state index in [0.29, 0.717) is 6.04 Å². The molecule has 0 aliphatic rings. The van der Waals surface area contributed by atoms with Crippen molar-refractivity contribution in [3.8, 4) is 12.3 Å². The number of nitrogens with one attached hydrogen (secondary N) is 1. The van der Waals surface area contributed by atoms with Crippen molar-refractivity contribution >= 4 is 0 Å². The summed E-state index contributed by atoms with van der Waals surface area (Å²) in [5.74, 6) is 2.70. The number of benzene rings is 1. The third-order valence-corrected chi connectivity index (χ3v) is 2.42. The lowest BCUT2D eigenvalue weighted by Gasteiger charge is -2.17. The molecule has 80 valence electrons. The summed E-state index contributed by atoms with van der Waals surface area (Å²) in [6.07, 6.45) is 8.30. The fourth-order valence-corrected chi connectivity index (χ4v) is 1.62. The molecular formula is C14H19N. The van der Waals surface area contributed by atoms with Gasteiger partial charge in [0.2, 0.25) is 0 Å². The maximum absolute atomic E-state index is 5.31. The van der Waals surface area contributed by atoms with E-state index in [-0.39, 0.29) is 0 Å². The molecule has 1 aromatic carbocycles. The average molecular weight is 201 g/mol. The quantitative estimate of drug-likeness (QED) is 0.697. The normalized spacial score (nSPS) is 12.0. The molecule has 0 amide bonds. The van der Waals surface area contributed by atoms with Gasteiger partial charge < -0.3 is 5.32 Å². The summed E-state index contributed by atoms with van der Waals surface area (Å²) in [5, 5.41) is 3.52. The fourth-order valence-electron chi connectivity index (χ4n) is 1.62. The molecule has 1 aromatic rings. The van der Waals surface area contributed by atoms with Gasteiger partial charge in [-0.25, -0.2) is 0 Å².